The lowest BCUT2D eigenvalue weighted by molar-refractivity contribution is 0.871. The number of nitrogens with two attached hydrogens (primary N) is 1. The van der Waals surface area contributed by atoms with Gasteiger partial charge in [0.05, 0.1) is 17.0 Å². The molecule has 0 radical (unpaired) electrons. The van der Waals surface area contributed by atoms with Crippen LogP contribution in [0.3, 0.4) is 0 Å². The molecule has 0 saturated heterocycles. The second-order valence-corrected chi connectivity index (χ2v) is 4.51. The zero-order valence-corrected chi connectivity index (χ0v) is 10.8. The quantitative estimate of drug-likeness (QED) is 0.624. The Labute approximate surface area is 115 Å². The van der Waals surface area contributed by atoms with E-state index in [0.29, 0.717) is 12.1 Å². The van der Waals surface area contributed by atoms with Crippen LogP contribution in [-0.2, 0) is 0 Å². The Bertz CT molecular complexity index is 798. The van der Waals surface area contributed by atoms with Crippen molar-refractivity contribution in [2.75, 3.05) is 18.4 Å². The van der Waals surface area contributed by atoms with Gasteiger partial charge in [-0.3, -0.25) is 0 Å². The van der Waals surface area contributed by atoms with Crippen molar-refractivity contribution in [3.05, 3.63) is 30.1 Å². The molecule has 0 atom stereocenters. The third-order valence-corrected chi connectivity index (χ3v) is 3.19. The molecule has 3 aromatic rings. The monoisotopic (exact) mass is 266 g/mol. The summed E-state index contributed by atoms with van der Waals surface area (Å²) in [5.41, 5.74) is 7.77. The number of aromatic amines is 1. The van der Waals surface area contributed by atoms with Crippen LogP contribution in [0.4, 0.5) is 5.82 Å². The number of nitriles is 1. The maximum Gasteiger partial charge on any atom is 0.143 e. The molecule has 0 saturated carbocycles. The zero-order chi connectivity index (χ0) is 13.9. The first kappa shape index (κ1) is 12.4. The SMILES string of the molecule is N#Cc1ccc2c(c1)[nH]c1ncnc(NCCCN)c12. The molecule has 6 heteroatoms. The number of anilines is 1. The highest BCUT2D eigenvalue weighted by molar-refractivity contribution is 6.11. The molecule has 0 aliphatic rings. The number of aromatic nitrogens is 3. The zero-order valence-electron chi connectivity index (χ0n) is 10.8. The number of fused-ring (bicyclic) bond motifs is 3. The minimum Gasteiger partial charge on any atom is -0.369 e. The molecule has 0 bridgehead atoms. The number of hydrogen-bond donors (Lipinski definition) is 3. The average Bonchev–Trinajstić information content (AvgIpc) is 2.85. The standard InChI is InChI=1S/C14H14N6/c15-4-1-5-17-13-12-10-3-2-9(7-16)6-11(10)20-14(12)19-8-18-13/h2-3,6,8H,1,4-5,15H2,(H2,17,18,19,20). The van der Waals surface area contributed by atoms with Gasteiger partial charge in [0.25, 0.3) is 0 Å². The molecule has 0 spiro atoms. The summed E-state index contributed by atoms with van der Waals surface area (Å²) < 4.78 is 0. The lowest BCUT2D eigenvalue weighted by Gasteiger charge is -2.05. The number of rotatable bonds is 4. The first-order valence-corrected chi connectivity index (χ1v) is 6.44. The van der Waals surface area contributed by atoms with Crippen molar-refractivity contribution in [3.63, 3.8) is 0 Å². The molecule has 100 valence electrons. The van der Waals surface area contributed by atoms with Crippen molar-refractivity contribution < 1.29 is 0 Å². The van der Waals surface area contributed by atoms with Crippen molar-refractivity contribution in [1.29, 1.82) is 5.26 Å². The molecule has 2 aromatic heterocycles. The van der Waals surface area contributed by atoms with Crippen LogP contribution >= 0.6 is 0 Å². The van der Waals surface area contributed by atoms with E-state index in [4.69, 9.17) is 11.0 Å². The van der Waals surface area contributed by atoms with Crippen LogP contribution in [-0.4, -0.2) is 28.0 Å². The normalized spacial score (nSPS) is 10.8. The molecule has 2 heterocycles. The van der Waals surface area contributed by atoms with Gasteiger partial charge in [0.15, 0.2) is 0 Å². The third-order valence-electron chi connectivity index (χ3n) is 3.19. The van der Waals surface area contributed by atoms with Crippen LogP contribution in [0.1, 0.15) is 12.0 Å². The lowest BCUT2D eigenvalue weighted by Crippen LogP contribution is -2.09. The molecule has 6 nitrogen and oxygen atoms in total. The van der Waals surface area contributed by atoms with E-state index in [2.05, 4.69) is 26.3 Å². The fraction of sp³-hybridized carbons (Fsp3) is 0.214. The highest BCUT2D eigenvalue weighted by Gasteiger charge is 2.11. The van der Waals surface area contributed by atoms with Crippen molar-refractivity contribution in [2.45, 2.75) is 6.42 Å². The summed E-state index contributed by atoms with van der Waals surface area (Å²) in [6, 6.07) is 7.67. The summed E-state index contributed by atoms with van der Waals surface area (Å²) in [6.07, 6.45) is 2.40. The van der Waals surface area contributed by atoms with E-state index in [1.54, 1.807) is 6.07 Å². The molecule has 3 rings (SSSR count). The maximum atomic E-state index is 8.95. The highest BCUT2D eigenvalue weighted by atomic mass is 15.0. The summed E-state index contributed by atoms with van der Waals surface area (Å²) >= 11 is 0. The Kier molecular flexibility index (Phi) is 3.19. The summed E-state index contributed by atoms with van der Waals surface area (Å²) in [5.74, 6) is 0.791. The maximum absolute atomic E-state index is 8.95. The highest BCUT2D eigenvalue weighted by Crippen LogP contribution is 2.29. The lowest BCUT2D eigenvalue weighted by atomic mass is 10.1. The van der Waals surface area contributed by atoms with Crippen LogP contribution in [0.15, 0.2) is 24.5 Å². The van der Waals surface area contributed by atoms with E-state index in [9.17, 15) is 0 Å². The van der Waals surface area contributed by atoms with Gasteiger partial charge in [-0.05, 0) is 25.1 Å². The Morgan fingerprint density at radius 3 is 3.05 bits per heavy atom. The Balaban J connectivity index is 2.14. The predicted octanol–water partition coefficient (Wildman–Crippen LogP) is 1.74. The van der Waals surface area contributed by atoms with Crippen molar-refractivity contribution in [1.82, 2.24) is 15.0 Å². The Morgan fingerprint density at radius 2 is 2.25 bits per heavy atom. The second kappa shape index (κ2) is 5.15. The van der Waals surface area contributed by atoms with Gasteiger partial charge in [0.1, 0.15) is 17.8 Å². The average molecular weight is 266 g/mol. The van der Waals surface area contributed by atoms with Crippen LogP contribution in [0.2, 0.25) is 0 Å². The number of hydrogen-bond acceptors (Lipinski definition) is 5. The first-order chi connectivity index (χ1) is 9.83. The number of nitrogens with zero attached hydrogens (tertiary/aromatic N) is 3. The van der Waals surface area contributed by atoms with Gasteiger partial charge in [-0.25, -0.2) is 9.97 Å². The van der Waals surface area contributed by atoms with E-state index in [-0.39, 0.29) is 0 Å². The molecule has 1 aromatic carbocycles. The fourth-order valence-electron chi connectivity index (χ4n) is 2.24. The van der Waals surface area contributed by atoms with Crippen LogP contribution < -0.4 is 11.1 Å². The summed E-state index contributed by atoms with van der Waals surface area (Å²) in [6.45, 7) is 1.41. The molecule has 0 amide bonds. The summed E-state index contributed by atoms with van der Waals surface area (Å²) in [5, 5.41) is 14.2. The van der Waals surface area contributed by atoms with Gasteiger partial charge in [0, 0.05) is 17.4 Å². The minimum atomic E-state index is 0.620. The van der Waals surface area contributed by atoms with E-state index in [1.807, 2.05) is 12.1 Å². The molecule has 0 unspecified atom stereocenters. The largest absolute Gasteiger partial charge is 0.369 e. The number of benzene rings is 1. The predicted molar refractivity (Wildman–Crippen MR) is 78.3 cm³/mol. The second-order valence-electron chi connectivity index (χ2n) is 4.51. The van der Waals surface area contributed by atoms with Crippen LogP contribution in [0.5, 0.6) is 0 Å². The minimum absolute atomic E-state index is 0.620. The molecule has 20 heavy (non-hydrogen) atoms. The van der Waals surface area contributed by atoms with Gasteiger partial charge < -0.3 is 16.0 Å². The van der Waals surface area contributed by atoms with Crippen molar-refractivity contribution in [3.8, 4) is 6.07 Å². The summed E-state index contributed by atoms with van der Waals surface area (Å²) in [7, 11) is 0. The first-order valence-electron chi connectivity index (χ1n) is 6.44. The van der Waals surface area contributed by atoms with E-state index < -0.39 is 0 Å². The molecular formula is C14H14N6. The fourth-order valence-corrected chi connectivity index (χ4v) is 2.24. The number of nitrogens with one attached hydrogen (secondary N) is 2. The topological polar surface area (TPSA) is 103 Å². The Morgan fingerprint density at radius 1 is 1.35 bits per heavy atom. The Hall–Kier alpha value is -2.65. The molecule has 0 aliphatic heterocycles. The van der Waals surface area contributed by atoms with Gasteiger partial charge in [-0.1, -0.05) is 6.07 Å². The van der Waals surface area contributed by atoms with E-state index in [0.717, 1.165) is 40.7 Å². The smallest absolute Gasteiger partial charge is 0.143 e. The van der Waals surface area contributed by atoms with Crippen molar-refractivity contribution in [2.24, 2.45) is 5.73 Å². The van der Waals surface area contributed by atoms with Gasteiger partial charge in [-0.15, -0.1) is 0 Å². The third kappa shape index (κ3) is 2.04. The van der Waals surface area contributed by atoms with E-state index in [1.165, 1.54) is 6.33 Å². The van der Waals surface area contributed by atoms with Crippen LogP contribution in [0, 0.1) is 11.3 Å². The van der Waals surface area contributed by atoms with Gasteiger partial charge in [0.2, 0.25) is 0 Å². The number of H-pyrrole nitrogens is 1. The molecule has 0 fully saturated rings. The van der Waals surface area contributed by atoms with Crippen LogP contribution in [0.25, 0.3) is 21.9 Å². The summed E-state index contributed by atoms with van der Waals surface area (Å²) in [4.78, 5) is 11.8. The molecule has 0 aliphatic carbocycles. The van der Waals surface area contributed by atoms with Crippen molar-refractivity contribution >= 4 is 27.8 Å². The molecular weight excluding hydrogens is 252 g/mol. The van der Waals surface area contributed by atoms with Gasteiger partial charge >= 0.3 is 0 Å². The molecule has 4 N–H and O–H groups in total. The van der Waals surface area contributed by atoms with E-state index >= 15 is 0 Å². The van der Waals surface area contributed by atoms with Gasteiger partial charge in [-0.2, -0.15) is 5.26 Å².